The normalized spacial score (nSPS) is 10.2. The highest BCUT2D eigenvalue weighted by molar-refractivity contribution is 7.09. The van der Waals surface area contributed by atoms with Crippen LogP contribution in [0.2, 0.25) is 0 Å². The molecule has 0 saturated heterocycles. The molecule has 1 N–H and O–H groups in total. The van der Waals surface area contributed by atoms with Crippen LogP contribution in [0.3, 0.4) is 0 Å². The quantitative estimate of drug-likeness (QED) is 0.741. The average molecular weight is 345 g/mol. The zero-order valence-corrected chi connectivity index (χ0v) is 14.9. The number of amides is 2. The average Bonchev–Trinajstić information content (AvgIpc) is 3.00. The van der Waals surface area contributed by atoms with Gasteiger partial charge in [0.25, 0.3) is 0 Å². The van der Waals surface area contributed by atoms with E-state index in [1.807, 2.05) is 43.5 Å². The second kappa shape index (κ2) is 9.08. The van der Waals surface area contributed by atoms with E-state index in [2.05, 4.69) is 16.9 Å². The van der Waals surface area contributed by atoms with Gasteiger partial charge in [-0.3, -0.25) is 0 Å². The summed E-state index contributed by atoms with van der Waals surface area (Å²) < 4.78 is 5.76. The predicted molar refractivity (Wildman–Crippen MR) is 97.3 cm³/mol. The zero-order valence-electron chi connectivity index (χ0n) is 14.1. The highest BCUT2D eigenvalue weighted by Gasteiger charge is 2.13. The van der Waals surface area contributed by atoms with E-state index in [0.717, 1.165) is 22.0 Å². The molecule has 0 fully saturated rings. The van der Waals surface area contributed by atoms with Crippen molar-refractivity contribution in [3.63, 3.8) is 0 Å². The third-order valence-electron chi connectivity index (χ3n) is 3.27. The van der Waals surface area contributed by atoms with Crippen LogP contribution in [-0.4, -0.2) is 29.0 Å². The Balaban J connectivity index is 1.93. The van der Waals surface area contributed by atoms with Crippen molar-refractivity contribution < 1.29 is 9.53 Å². The lowest BCUT2D eigenvalue weighted by Crippen LogP contribution is -2.39. The second-order valence-electron chi connectivity index (χ2n) is 5.34. The predicted octanol–water partition coefficient (Wildman–Crippen LogP) is 3.75. The third kappa shape index (κ3) is 5.38. The first-order valence-electron chi connectivity index (χ1n) is 7.88. The number of carbonyl (C=O) groups is 1. The molecule has 2 aromatic rings. The van der Waals surface area contributed by atoms with Gasteiger partial charge in [-0.1, -0.05) is 18.2 Å². The van der Waals surface area contributed by atoms with E-state index >= 15 is 0 Å². The fraction of sp³-hybridized carbons (Fsp3) is 0.333. The van der Waals surface area contributed by atoms with Crippen molar-refractivity contribution >= 4 is 17.4 Å². The van der Waals surface area contributed by atoms with Crippen LogP contribution in [0, 0.1) is 6.92 Å². The smallest absolute Gasteiger partial charge is 0.318 e. The molecular formula is C18H23N3O2S. The van der Waals surface area contributed by atoms with Gasteiger partial charge in [-0.15, -0.1) is 17.9 Å². The summed E-state index contributed by atoms with van der Waals surface area (Å²) in [4.78, 5) is 18.2. The lowest BCUT2D eigenvalue weighted by atomic mass is 10.2. The third-order valence-corrected chi connectivity index (χ3v) is 4.14. The van der Waals surface area contributed by atoms with Crippen molar-refractivity contribution in [2.24, 2.45) is 0 Å². The Morgan fingerprint density at radius 1 is 1.50 bits per heavy atom. The summed E-state index contributed by atoms with van der Waals surface area (Å²) in [6.45, 7) is 9.59. The Labute approximate surface area is 147 Å². The van der Waals surface area contributed by atoms with Gasteiger partial charge >= 0.3 is 6.03 Å². The van der Waals surface area contributed by atoms with Gasteiger partial charge in [0.15, 0.2) is 0 Å². The minimum Gasteiger partial charge on any atom is -0.486 e. The Morgan fingerprint density at radius 3 is 3.04 bits per heavy atom. The monoisotopic (exact) mass is 345 g/mol. The number of rotatable bonds is 8. The number of aryl methyl sites for hydroxylation is 1. The van der Waals surface area contributed by atoms with Crippen molar-refractivity contribution in [3.8, 4) is 5.75 Å². The van der Waals surface area contributed by atoms with Crippen LogP contribution in [0.1, 0.15) is 23.2 Å². The first-order valence-corrected chi connectivity index (χ1v) is 8.76. The number of nitrogens with zero attached hydrogens (tertiary/aromatic N) is 2. The number of hydrogen-bond donors (Lipinski definition) is 1. The molecule has 2 amide bonds. The van der Waals surface area contributed by atoms with E-state index in [1.165, 1.54) is 11.3 Å². The molecule has 1 aromatic carbocycles. The van der Waals surface area contributed by atoms with Gasteiger partial charge in [-0.25, -0.2) is 9.78 Å². The maximum Gasteiger partial charge on any atom is 0.318 e. The molecule has 1 heterocycles. The van der Waals surface area contributed by atoms with Crippen LogP contribution in [0.15, 0.2) is 42.3 Å². The zero-order chi connectivity index (χ0) is 17.4. The molecule has 6 heteroatoms. The summed E-state index contributed by atoms with van der Waals surface area (Å²) in [5, 5.41) is 5.65. The number of urea groups is 1. The number of ether oxygens (including phenoxy) is 1. The van der Waals surface area contributed by atoms with E-state index < -0.39 is 0 Å². The fourth-order valence-electron chi connectivity index (χ4n) is 2.17. The van der Waals surface area contributed by atoms with Gasteiger partial charge in [0, 0.05) is 18.5 Å². The highest BCUT2D eigenvalue weighted by Crippen LogP contribution is 2.17. The topological polar surface area (TPSA) is 54.5 Å². The number of thiazole rings is 1. The van der Waals surface area contributed by atoms with E-state index in [9.17, 15) is 4.79 Å². The van der Waals surface area contributed by atoms with Gasteiger partial charge in [0.05, 0.1) is 12.2 Å². The van der Waals surface area contributed by atoms with Crippen LogP contribution in [0.5, 0.6) is 5.75 Å². The van der Waals surface area contributed by atoms with Crippen LogP contribution in [0.4, 0.5) is 4.79 Å². The molecule has 128 valence electrons. The molecule has 0 aliphatic heterocycles. The molecule has 0 atom stereocenters. The number of hydrogen-bond acceptors (Lipinski definition) is 4. The van der Waals surface area contributed by atoms with Crippen molar-refractivity contribution in [2.75, 3.05) is 13.1 Å². The van der Waals surface area contributed by atoms with Crippen molar-refractivity contribution in [2.45, 2.75) is 27.0 Å². The van der Waals surface area contributed by atoms with Gasteiger partial charge in [-0.05, 0) is 31.5 Å². The summed E-state index contributed by atoms with van der Waals surface area (Å²) in [7, 11) is 0. The molecule has 0 spiro atoms. The molecule has 0 bridgehead atoms. The molecule has 2 rings (SSSR count). The van der Waals surface area contributed by atoms with Crippen LogP contribution < -0.4 is 10.1 Å². The Hall–Kier alpha value is -2.34. The highest BCUT2D eigenvalue weighted by atomic mass is 32.1. The van der Waals surface area contributed by atoms with Gasteiger partial charge in [0.2, 0.25) is 0 Å². The fourth-order valence-corrected chi connectivity index (χ4v) is 2.87. The summed E-state index contributed by atoms with van der Waals surface area (Å²) in [5.41, 5.74) is 2.02. The summed E-state index contributed by atoms with van der Waals surface area (Å²) in [6.07, 6.45) is 1.71. The lowest BCUT2D eigenvalue weighted by molar-refractivity contribution is 0.201. The SMILES string of the molecule is C=CCN(Cc1csc(COc2cccc(C)c2)n1)C(=O)NCC. The minimum absolute atomic E-state index is 0.108. The van der Waals surface area contributed by atoms with Crippen molar-refractivity contribution in [1.29, 1.82) is 0 Å². The number of nitrogens with one attached hydrogen (secondary N) is 1. The Morgan fingerprint density at radius 2 is 2.33 bits per heavy atom. The van der Waals surface area contributed by atoms with Gasteiger partial charge < -0.3 is 15.0 Å². The summed E-state index contributed by atoms with van der Waals surface area (Å²) in [5.74, 6) is 0.836. The van der Waals surface area contributed by atoms with Crippen LogP contribution in [0.25, 0.3) is 0 Å². The summed E-state index contributed by atoms with van der Waals surface area (Å²) in [6, 6.07) is 7.82. The van der Waals surface area contributed by atoms with E-state index in [-0.39, 0.29) is 6.03 Å². The Bertz CT molecular complexity index is 684. The number of benzene rings is 1. The Kier molecular flexibility index (Phi) is 6.81. The lowest BCUT2D eigenvalue weighted by Gasteiger charge is -2.20. The summed E-state index contributed by atoms with van der Waals surface area (Å²) >= 11 is 1.54. The van der Waals surface area contributed by atoms with Crippen molar-refractivity contribution in [1.82, 2.24) is 15.2 Å². The van der Waals surface area contributed by atoms with Crippen molar-refractivity contribution in [3.05, 3.63) is 58.6 Å². The standard InChI is InChI=1S/C18H23N3O2S/c1-4-9-21(18(22)19-5-2)11-15-13-24-17(20-15)12-23-16-8-6-7-14(3)10-16/h4,6-8,10,13H,1,5,9,11-12H2,2-3H3,(H,19,22). The number of aromatic nitrogens is 1. The molecule has 1 aromatic heterocycles. The minimum atomic E-state index is -0.108. The van der Waals surface area contributed by atoms with Gasteiger partial charge in [-0.2, -0.15) is 0 Å². The maximum absolute atomic E-state index is 12.0. The molecular weight excluding hydrogens is 322 g/mol. The van der Waals surface area contributed by atoms with E-state index in [4.69, 9.17) is 4.74 Å². The van der Waals surface area contributed by atoms with Gasteiger partial charge in [0.1, 0.15) is 17.4 Å². The molecule has 0 radical (unpaired) electrons. The molecule has 24 heavy (non-hydrogen) atoms. The van der Waals surface area contributed by atoms with Crippen LogP contribution >= 0.6 is 11.3 Å². The van der Waals surface area contributed by atoms with E-state index in [0.29, 0.717) is 26.2 Å². The first-order chi connectivity index (χ1) is 11.6. The molecule has 5 nitrogen and oxygen atoms in total. The maximum atomic E-state index is 12.0. The largest absolute Gasteiger partial charge is 0.486 e. The molecule has 0 unspecified atom stereocenters. The van der Waals surface area contributed by atoms with Crippen LogP contribution in [-0.2, 0) is 13.2 Å². The molecule has 0 aliphatic carbocycles. The first kappa shape index (κ1) is 18.0. The van der Waals surface area contributed by atoms with E-state index in [1.54, 1.807) is 11.0 Å². The number of carbonyl (C=O) groups excluding carboxylic acids is 1. The molecule has 0 aliphatic rings. The molecule has 0 saturated carbocycles. The second-order valence-corrected chi connectivity index (χ2v) is 6.29.